The fourth-order valence-corrected chi connectivity index (χ4v) is 2.34. The number of hydrogen-bond acceptors (Lipinski definition) is 5. The number of anilines is 2. The SMILES string of the molecule is CCOc1ccc(NC(=S)Nc2ccc(OCC)cc2[N+](=O)[O-])cc1. The van der Waals surface area contributed by atoms with Crippen molar-refractivity contribution >= 4 is 34.4 Å². The van der Waals surface area contributed by atoms with Gasteiger partial charge in [-0.1, -0.05) is 0 Å². The predicted molar refractivity (Wildman–Crippen MR) is 102 cm³/mol. The fourth-order valence-electron chi connectivity index (χ4n) is 2.11. The third-order valence-corrected chi connectivity index (χ3v) is 3.35. The van der Waals surface area contributed by atoms with Crippen molar-refractivity contribution in [2.75, 3.05) is 23.8 Å². The highest BCUT2D eigenvalue weighted by Crippen LogP contribution is 2.29. The summed E-state index contributed by atoms with van der Waals surface area (Å²) >= 11 is 5.23. The van der Waals surface area contributed by atoms with Gasteiger partial charge in [-0.15, -0.1) is 0 Å². The molecule has 0 aliphatic rings. The van der Waals surface area contributed by atoms with Gasteiger partial charge in [-0.25, -0.2) is 0 Å². The Kier molecular flexibility index (Phi) is 6.53. The molecular formula is C17H19N3O4S. The largest absolute Gasteiger partial charge is 0.494 e. The summed E-state index contributed by atoms with van der Waals surface area (Å²) in [7, 11) is 0. The molecule has 2 aromatic carbocycles. The molecule has 0 atom stereocenters. The van der Waals surface area contributed by atoms with Crippen LogP contribution in [0.3, 0.4) is 0 Å². The lowest BCUT2D eigenvalue weighted by atomic mass is 10.2. The number of nitro groups is 1. The molecule has 2 rings (SSSR count). The van der Waals surface area contributed by atoms with E-state index in [1.54, 1.807) is 12.1 Å². The van der Waals surface area contributed by atoms with Gasteiger partial charge in [0.25, 0.3) is 5.69 Å². The first-order valence-corrected chi connectivity index (χ1v) is 8.16. The molecule has 0 spiro atoms. The second-order valence-electron chi connectivity index (χ2n) is 4.91. The smallest absolute Gasteiger partial charge is 0.296 e. The van der Waals surface area contributed by atoms with Crippen molar-refractivity contribution in [2.45, 2.75) is 13.8 Å². The van der Waals surface area contributed by atoms with Crippen LogP contribution in [-0.2, 0) is 0 Å². The highest BCUT2D eigenvalue weighted by Gasteiger charge is 2.16. The monoisotopic (exact) mass is 361 g/mol. The number of nitro benzene ring substituents is 1. The maximum Gasteiger partial charge on any atom is 0.296 e. The van der Waals surface area contributed by atoms with E-state index in [1.807, 2.05) is 38.1 Å². The molecule has 0 amide bonds. The van der Waals surface area contributed by atoms with Crippen LogP contribution < -0.4 is 20.1 Å². The van der Waals surface area contributed by atoms with Crippen LogP contribution in [0, 0.1) is 10.1 Å². The quantitative estimate of drug-likeness (QED) is 0.434. The number of rotatable bonds is 7. The van der Waals surface area contributed by atoms with E-state index in [0.717, 1.165) is 11.4 Å². The summed E-state index contributed by atoms with van der Waals surface area (Å²) in [4.78, 5) is 10.8. The van der Waals surface area contributed by atoms with Gasteiger partial charge in [-0.3, -0.25) is 10.1 Å². The number of nitrogens with zero attached hydrogens (tertiary/aromatic N) is 1. The van der Waals surface area contributed by atoms with Gasteiger partial charge in [0.15, 0.2) is 5.11 Å². The minimum absolute atomic E-state index is 0.109. The Morgan fingerprint density at radius 3 is 2.24 bits per heavy atom. The maximum atomic E-state index is 11.2. The fraction of sp³-hybridized carbons (Fsp3) is 0.235. The standard InChI is InChI=1S/C17H19N3O4S/c1-3-23-13-7-5-12(6-8-13)18-17(25)19-15-10-9-14(24-4-2)11-16(15)20(21)22/h5-11H,3-4H2,1-2H3,(H2,18,19,25). The molecule has 132 valence electrons. The Hall–Kier alpha value is -2.87. The van der Waals surface area contributed by atoms with Gasteiger partial charge in [0, 0.05) is 5.69 Å². The molecular weight excluding hydrogens is 342 g/mol. The summed E-state index contributed by atoms with van der Waals surface area (Å²) in [5, 5.41) is 17.3. The van der Waals surface area contributed by atoms with Gasteiger partial charge in [0.2, 0.25) is 0 Å². The predicted octanol–water partition coefficient (Wildman–Crippen LogP) is 4.20. The van der Waals surface area contributed by atoms with E-state index in [4.69, 9.17) is 21.7 Å². The lowest BCUT2D eigenvalue weighted by molar-refractivity contribution is -0.384. The van der Waals surface area contributed by atoms with Gasteiger partial charge >= 0.3 is 0 Å². The third-order valence-electron chi connectivity index (χ3n) is 3.15. The Morgan fingerprint density at radius 2 is 1.64 bits per heavy atom. The Labute approximate surface area is 151 Å². The zero-order chi connectivity index (χ0) is 18.2. The van der Waals surface area contributed by atoms with Crippen LogP contribution in [0.4, 0.5) is 17.1 Å². The van der Waals surface area contributed by atoms with Crippen molar-refractivity contribution in [2.24, 2.45) is 0 Å². The van der Waals surface area contributed by atoms with E-state index >= 15 is 0 Å². The van der Waals surface area contributed by atoms with Crippen molar-refractivity contribution in [3.05, 3.63) is 52.6 Å². The molecule has 0 aliphatic heterocycles. The molecule has 0 aliphatic carbocycles. The van der Waals surface area contributed by atoms with Crippen LogP contribution in [0.15, 0.2) is 42.5 Å². The van der Waals surface area contributed by atoms with Crippen LogP contribution in [-0.4, -0.2) is 23.2 Å². The first-order valence-electron chi connectivity index (χ1n) is 7.75. The van der Waals surface area contributed by atoms with Gasteiger partial charge < -0.3 is 20.1 Å². The minimum Gasteiger partial charge on any atom is -0.494 e. The van der Waals surface area contributed by atoms with E-state index in [2.05, 4.69) is 10.6 Å². The number of hydrogen-bond donors (Lipinski definition) is 2. The summed E-state index contributed by atoms with van der Waals surface area (Å²) in [5.41, 5.74) is 0.924. The first-order chi connectivity index (χ1) is 12.0. The van der Waals surface area contributed by atoms with E-state index < -0.39 is 4.92 Å². The number of thiocarbonyl (C=S) groups is 1. The summed E-state index contributed by atoms with van der Waals surface area (Å²) in [6.07, 6.45) is 0. The number of nitrogens with one attached hydrogen (secondary N) is 2. The van der Waals surface area contributed by atoms with E-state index in [9.17, 15) is 10.1 Å². The summed E-state index contributed by atoms with van der Waals surface area (Å²) in [5.74, 6) is 1.19. The van der Waals surface area contributed by atoms with Crippen LogP contribution >= 0.6 is 12.2 Å². The van der Waals surface area contributed by atoms with E-state index in [1.165, 1.54) is 6.07 Å². The van der Waals surface area contributed by atoms with Crippen molar-refractivity contribution in [3.8, 4) is 11.5 Å². The molecule has 0 unspecified atom stereocenters. The van der Waals surface area contributed by atoms with Gasteiger partial charge in [-0.05, 0) is 62.5 Å². The highest BCUT2D eigenvalue weighted by atomic mass is 32.1. The molecule has 0 radical (unpaired) electrons. The van der Waals surface area contributed by atoms with Crippen LogP contribution in [0.25, 0.3) is 0 Å². The highest BCUT2D eigenvalue weighted by molar-refractivity contribution is 7.80. The van der Waals surface area contributed by atoms with E-state index in [0.29, 0.717) is 19.0 Å². The zero-order valence-corrected chi connectivity index (χ0v) is 14.8. The molecule has 7 nitrogen and oxygen atoms in total. The Balaban J connectivity index is 2.07. The van der Waals surface area contributed by atoms with E-state index in [-0.39, 0.29) is 16.5 Å². The van der Waals surface area contributed by atoms with Crippen molar-refractivity contribution in [1.82, 2.24) is 0 Å². The topological polar surface area (TPSA) is 85.7 Å². The average molecular weight is 361 g/mol. The average Bonchev–Trinajstić information content (AvgIpc) is 2.58. The summed E-state index contributed by atoms with van der Waals surface area (Å²) in [6, 6.07) is 11.8. The van der Waals surface area contributed by atoms with Crippen LogP contribution in [0.2, 0.25) is 0 Å². The Bertz CT molecular complexity index is 750. The molecule has 0 aromatic heterocycles. The van der Waals surface area contributed by atoms with Gasteiger partial charge in [0.1, 0.15) is 17.2 Å². The molecule has 8 heteroatoms. The van der Waals surface area contributed by atoms with Crippen molar-refractivity contribution in [1.29, 1.82) is 0 Å². The molecule has 0 bridgehead atoms. The van der Waals surface area contributed by atoms with Gasteiger partial charge in [0.05, 0.1) is 24.2 Å². The lowest BCUT2D eigenvalue weighted by Gasteiger charge is -2.12. The van der Waals surface area contributed by atoms with Crippen LogP contribution in [0.5, 0.6) is 11.5 Å². The number of benzene rings is 2. The second-order valence-corrected chi connectivity index (χ2v) is 5.31. The number of ether oxygens (including phenoxy) is 2. The normalized spacial score (nSPS) is 10.0. The first kappa shape index (κ1) is 18.5. The maximum absolute atomic E-state index is 11.2. The minimum atomic E-state index is -0.482. The Morgan fingerprint density at radius 1 is 1.04 bits per heavy atom. The summed E-state index contributed by atoms with van der Waals surface area (Å²) < 4.78 is 10.7. The third kappa shape index (κ3) is 5.32. The molecule has 0 saturated carbocycles. The van der Waals surface area contributed by atoms with Crippen molar-refractivity contribution < 1.29 is 14.4 Å². The summed E-state index contributed by atoms with van der Waals surface area (Å²) in [6.45, 7) is 4.75. The molecule has 0 saturated heterocycles. The molecule has 25 heavy (non-hydrogen) atoms. The zero-order valence-electron chi connectivity index (χ0n) is 13.9. The van der Waals surface area contributed by atoms with Gasteiger partial charge in [-0.2, -0.15) is 0 Å². The molecule has 0 fully saturated rings. The molecule has 2 N–H and O–H groups in total. The van der Waals surface area contributed by atoms with Crippen LogP contribution in [0.1, 0.15) is 13.8 Å². The lowest BCUT2D eigenvalue weighted by Crippen LogP contribution is -2.19. The second kappa shape index (κ2) is 8.84. The molecule has 2 aromatic rings. The molecule has 0 heterocycles. The van der Waals surface area contributed by atoms with Crippen molar-refractivity contribution in [3.63, 3.8) is 0 Å².